The lowest BCUT2D eigenvalue weighted by atomic mass is 9.92. The normalized spacial score (nSPS) is 18.4. The molecule has 0 unspecified atom stereocenters. The van der Waals surface area contributed by atoms with E-state index in [9.17, 15) is 18.0 Å². The van der Waals surface area contributed by atoms with Gasteiger partial charge in [0.05, 0.1) is 30.6 Å². The number of benzene rings is 1. The highest BCUT2D eigenvalue weighted by Gasteiger charge is 2.34. The molecule has 37 heavy (non-hydrogen) atoms. The highest BCUT2D eigenvalue weighted by atomic mass is 19.4. The molecule has 0 radical (unpaired) electrons. The summed E-state index contributed by atoms with van der Waals surface area (Å²) >= 11 is 0. The first-order valence-corrected chi connectivity index (χ1v) is 12.1. The number of anilines is 1. The van der Waals surface area contributed by atoms with Crippen molar-refractivity contribution in [3.8, 4) is 22.9 Å². The number of ether oxygens (including phenoxy) is 2. The van der Waals surface area contributed by atoms with E-state index in [2.05, 4.69) is 20.4 Å². The average Bonchev–Trinajstić information content (AvgIpc) is 3.39. The molecule has 3 aromatic rings. The van der Waals surface area contributed by atoms with Gasteiger partial charge < -0.3 is 14.8 Å². The maximum atomic E-state index is 13.0. The quantitative estimate of drug-likeness (QED) is 0.523. The number of fused-ring (bicyclic) bond motifs is 1. The zero-order valence-corrected chi connectivity index (χ0v) is 20.5. The number of methoxy groups -OCH3 is 1. The third kappa shape index (κ3) is 4.97. The first-order chi connectivity index (χ1) is 17.8. The smallest absolute Gasteiger partial charge is 0.419 e. The van der Waals surface area contributed by atoms with Gasteiger partial charge in [-0.15, -0.1) is 0 Å². The van der Waals surface area contributed by atoms with Crippen molar-refractivity contribution < 1.29 is 27.4 Å². The Morgan fingerprint density at radius 3 is 2.51 bits per heavy atom. The van der Waals surface area contributed by atoms with Gasteiger partial charge in [-0.3, -0.25) is 9.58 Å². The molecule has 1 fully saturated rings. The number of rotatable bonds is 4. The molecule has 2 aliphatic heterocycles. The molecular formula is C25H27F3N6O3. The van der Waals surface area contributed by atoms with Gasteiger partial charge in [0.25, 0.3) is 0 Å². The molecule has 0 aliphatic carbocycles. The third-order valence-electron chi connectivity index (χ3n) is 6.86. The van der Waals surface area contributed by atoms with Gasteiger partial charge in [0.15, 0.2) is 0 Å². The molecule has 196 valence electrons. The largest absolute Gasteiger partial charge is 0.452 e. The fourth-order valence-electron chi connectivity index (χ4n) is 4.88. The van der Waals surface area contributed by atoms with E-state index >= 15 is 0 Å². The number of piperidine rings is 1. The van der Waals surface area contributed by atoms with Crippen LogP contribution in [0.5, 0.6) is 11.8 Å². The van der Waals surface area contributed by atoms with Crippen LogP contribution >= 0.6 is 0 Å². The summed E-state index contributed by atoms with van der Waals surface area (Å²) in [5, 5.41) is 7.92. The summed E-state index contributed by atoms with van der Waals surface area (Å²) in [5.74, 6) is 0.378. The van der Waals surface area contributed by atoms with E-state index in [1.54, 1.807) is 11.1 Å². The average molecular weight is 517 g/mol. The Hall–Kier alpha value is -3.67. The topological polar surface area (TPSA) is 94.4 Å². The Labute approximate surface area is 211 Å². The van der Waals surface area contributed by atoms with E-state index in [4.69, 9.17) is 9.47 Å². The lowest BCUT2D eigenvalue weighted by molar-refractivity contribution is -0.138. The zero-order valence-electron chi connectivity index (χ0n) is 20.5. The fraction of sp³-hybridized carbons (Fsp3) is 0.440. The van der Waals surface area contributed by atoms with Gasteiger partial charge in [0.2, 0.25) is 0 Å². The number of alkyl halides is 3. The summed E-state index contributed by atoms with van der Waals surface area (Å²) in [4.78, 5) is 21.7. The molecule has 4 heterocycles. The van der Waals surface area contributed by atoms with E-state index in [1.807, 2.05) is 29.9 Å². The number of nitrogens with one attached hydrogen (secondary N) is 1. The van der Waals surface area contributed by atoms with E-state index in [0.717, 1.165) is 37.1 Å². The second-order valence-corrected chi connectivity index (χ2v) is 9.21. The van der Waals surface area contributed by atoms with Crippen molar-refractivity contribution >= 4 is 11.8 Å². The van der Waals surface area contributed by atoms with Crippen molar-refractivity contribution in [3.05, 3.63) is 48.0 Å². The van der Waals surface area contributed by atoms with Crippen molar-refractivity contribution in [2.75, 3.05) is 25.1 Å². The molecular weight excluding hydrogens is 489 g/mol. The first kappa shape index (κ1) is 25.0. The van der Waals surface area contributed by atoms with Crippen LogP contribution in [0.25, 0.3) is 11.1 Å². The second-order valence-electron chi connectivity index (χ2n) is 9.21. The number of hydrogen-bond acceptors (Lipinski definition) is 7. The van der Waals surface area contributed by atoms with Crippen LogP contribution in [0.1, 0.15) is 43.4 Å². The van der Waals surface area contributed by atoms with Crippen LogP contribution in [0.4, 0.5) is 23.7 Å². The first-order valence-electron chi connectivity index (χ1n) is 12.1. The standard InChI is InChI=1S/C25H27F3N6O3/c1-15-3-4-20-21(34(15)24(35)36-2)6-5-19(16-11-32-33(14-16)18-7-9-29-10-8-18)22(20)37-23-30-12-17(13-31-23)25(26,27)28/h5-6,11-15,18,29H,3-4,7-10H2,1-2H3/t15-/m0/s1. The molecule has 1 saturated heterocycles. The van der Waals surface area contributed by atoms with Crippen molar-refractivity contribution in [1.29, 1.82) is 0 Å². The molecule has 12 heteroatoms. The molecule has 9 nitrogen and oxygen atoms in total. The SMILES string of the molecule is COC(=O)N1c2ccc(-c3cnn(C4CCNCC4)c3)c(Oc3ncc(C(F)(F)F)cn3)c2CC[C@@H]1C. The van der Waals surface area contributed by atoms with Gasteiger partial charge >= 0.3 is 18.3 Å². The number of carbonyl (C=O) groups is 1. The molecule has 0 bridgehead atoms. The number of aromatic nitrogens is 4. The van der Waals surface area contributed by atoms with Crippen LogP contribution in [0.3, 0.4) is 0 Å². The molecule has 0 spiro atoms. The summed E-state index contributed by atoms with van der Waals surface area (Å²) in [6, 6.07) is 3.58. The fourth-order valence-corrected chi connectivity index (χ4v) is 4.88. The van der Waals surface area contributed by atoms with E-state index in [0.29, 0.717) is 42.2 Å². The van der Waals surface area contributed by atoms with E-state index in [-0.39, 0.29) is 18.1 Å². The minimum Gasteiger partial charge on any atom is -0.452 e. The van der Waals surface area contributed by atoms with Gasteiger partial charge in [-0.25, -0.2) is 14.8 Å². The zero-order chi connectivity index (χ0) is 26.2. The second kappa shape index (κ2) is 10.0. The molecule has 5 rings (SSSR count). The number of halogens is 3. The monoisotopic (exact) mass is 516 g/mol. The Morgan fingerprint density at radius 1 is 1.11 bits per heavy atom. The molecule has 1 atom stereocenters. The third-order valence-corrected chi connectivity index (χ3v) is 6.86. The molecule has 1 aromatic carbocycles. The number of nitrogens with zero attached hydrogens (tertiary/aromatic N) is 5. The van der Waals surface area contributed by atoms with Crippen molar-refractivity contribution in [2.45, 2.75) is 50.9 Å². The van der Waals surface area contributed by atoms with Gasteiger partial charge in [-0.1, -0.05) is 0 Å². The minimum absolute atomic E-state index is 0.108. The maximum absolute atomic E-state index is 13.0. The van der Waals surface area contributed by atoms with Crippen LogP contribution in [0.2, 0.25) is 0 Å². The summed E-state index contributed by atoms with van der Waals surface area (Å²) in [6.07, 6.45) is 3.15. The highest BCUT2D eigenvalue weighted by Crippen LogP contribution is 2.44. The molecule has 2 aromatic heterocycles. The Morgan fingerprint density at radius 2 is 1.84 bits per heavy atom. The van der Waals surface area contributed by atoms with Crippen molar-refractivity contribution in [3.63, 3.8) is 0 Å². The van der Waals surface area contributed by atoms with Crippen LogP contribution in [0.15, 0.2) is 36.9 Å². The lowest BCUT2D eigenvalue weighted by Crippen LogP contribution is -2.42. The Balaban J connectivity index is 1.58. The lowest BCUT2D eigenvalue weighted by Gasteiger charge is -2.35. The predicted octanol–water partition coefficient (Wildman–Crippen LogP) is 4.98. The van der Waals surface area contributed by atoms with Crippen molar-refractivity contribution in [2.24, 2.45) is 0 Å². The summed E-state index contributed by atoms with van der Waals surface area (Å²) < 4.78 is 52.1. The maximum Gasteiger partial charge on any atom is 0.419 e. The van der Waals surface area contributed by atoms with E-state index in [1.165, 1.54) is 7.11 Å². The van der Waals surface area contributed by atoms with Gasteiger partial charge in [0, 0.05) is 41.3 Å². The van der Waals surface area contributed by atoms with Crippen LogP contribution in [-0.4, -0.2) is 52.1 Å². The van der Waals surface area contributed by atoms with Crippen LogP contribution < -0.4 is 15.0 Å². The Bertz CT molecular complexity index is 1270. The number of hydrogen-bond donors (Lipinski definition) is 1. The molecule has 2 aliphatic rings. The molecule has 1 N–H and O–H groups in total. The van der Waals surface area contributed by atoms with E-state index < -0.39 is 17.8 Å². The van der Waals surface area contributed by atoms with Gasteiger partial charge in [-0.05, 0) is 57.8 Å². The Kier molecular flexibility index (Phi) is 6.76. The molecule has 1 amide bonds. The molecule has 0 saturated carbocycles. The van der Waals surface area contributed by atoms with Gasteiger partial charge in [-0.2, -0.15) is 18.3 Å². The minimum atomic E-state index is -4.56. The van der Waals surface area contributed by atoms with Crippen LogP contribution in [-0.2, 0) is 17.3 Å². The number of carbonyl (C=O) groups excluding carboxylic acids is 1. The van der Waals surface area contributed by atoms with Gasteiger partial charge in [0.1, 0.15) is 5.75 Å². The predicted molar refractivity (Wildman–Crippen MR) is 129 cm³/mol. The summed E-state index contributed by atoms with van der Waals surface area (Å²) in [6.45, 7) is 3.76. The van der Waals surface area contributed by atoms with Crippen LogP contribution in [0, 0.1) is 0 Å². The summed E-state index contributed by atoms with van der Waals surface area (Å²) in [5.41, 5.74) is 1.83. The summed E-state index contributed by atoms with van der Waals surface area (Å²) in [7, 11) is 1.32. The van der Waals surface area contributed by atoms with Crippen molar-refractivity contribution in [1.82, 2.24) is 25.1 Å². The number of amides is 1. The highest BCUT2D eigenvalue weighted by molar-refractivity contribution is 5.92.